The molecule has 3 aromatic rings. The third-order valence-corrected chi connectivity index (χ3v) is 4.86. The van der Waals surface area contributed by atoms with E-state index in [9.17, 15) is 14.7 Å². The summed E-state index contributed by atoms with van der Waals surface area (Å²) in [7, 11) is 1.55. The van der Waals surface area contributed by atoms with Crippen molar-refractivity contribution < 1.29 is 24.2 Å². The van der Waals surface area contributed by atoms with Crippen LogP contribution in [0.15, 0.2) is 42.5 Å². The molecule has 0 unspecified atom stereocenters. The number of aromatic amines is 1. The van der Waals surface area contributed by atoms with E-state index in [1.54, 1.807) is 43.5 Å². The zero-order chi connectivity index (χ0) is 21.5. The Morgan fingerprint density at radius 2 is 2.03 bits per heavy atom. The van der Waals surface area contributed by atoms with Crippen molar-refractivity contribution >= 4 is 12.3 Å². The quantitative estimate of drug-likeness (QED) is 0.478. The minimum absolute atomic E-state index is 0.0515. The standard InChI is InChI=1S/C23H24N2O5/c1-3-4-9-20-19(13-26)22(25-24-20)18-11-10-16(29-2)12-21(18)30-14-15-7-5-6-8-17(15)23(27)28/h5-8,10-13H,3-4,9,14H2,1-2H3,(H,24,25)(H,27,28). The fraction of sp³-hybridized carbons (Fsp3) is 0.261. The van der Waals surface area contributed by atoms with Crippen LogP contribution in [-0.2, 0) is 13.0 Å². The molecule has 2 N–H and O–H groups in total. The first-order chi connectivity index (χ1) is 14.6. The number of carboxylic acid groups (broad SMARTS) is 1. The van der Waals surface area contributed by atoms with Gasteiger partial charge in [-0.3, -0.25) is 9.89 Å². The van der Waals surface area contributed by atoms with Crippen molar-refractivity contribution in [3.05, 3.63) is 64.8 Å². The summed E-state index contributed by atoms with van der Waals surface area (Å²) in [6.07, 6.45) is 3.44. The number of nitrogens with one attached hydrogen (secondary N) is 1. The summed E-state index contributed by atoms with van der Waals surface area (Å²) in [5.74, 6) is 0.0272. The van der Waals surface area contributed by atoms with E-state index in [0.29, 0.717) is 40.3 Å². The Hall–Kier alpha value is -3.61. The summed E-state index contributed by atoms with van der Waals surface area (Å²) < 4.78 is 11.3. The van der Waals surface area contributed by atoms with E-state index in [0.717, 1.165) is 24.8 Å². The minimum Gasteiger partial charge on any atom is -0.497 e. The normalized spacial score (nSPS) is 10.6. The average molecular weight is 408 g/mol. The number of hydrogen-bond donors (Lipinski definition) is 2. The van der Waals surface area contributed by atoms with Gasteiger partial charge in [0, 0.05) is 17.2 Å². The molecule has 156 valence electrons. The fourth-order valence-corrected chi connectivity index (χ4v) is 3.22. The van der Waals surface area contributed by atoms with Gasteiger partial charge in [0.05, 0.1) is 29.6 Å². The predicted molar refractivity (Wildman–Crippen MR) is 112 cm³/mol. The number of nitrogens with zero attached hydrogens (tertiary/aromatic N) is 1. The highest BCUT2D eigenvalue weighted by Crippen LogP contribution is 2.35. The van der Waals surface area contributed by atoms with E-state index in [2.05, 4.69) is 17.1 Å². The van der Waals surface area contributed by atoms with Gasteiger partial charge >= 0.3 is 5.97 Å². The van der Waals surface area contributed by atoms with Crippen molar-refractivity contribution in [3.8, 4) is 22.8 Å². The van der Waals surface area contributed by atoms with Crippen LogP contribution in [-0.4, -0.2) is 34.7 Å². The van der Waals surface area contributed by atoms with Gasteiger partial charge in [-0.15, -0.1) is 0 Å². The molecule has 0 aliphatic carbocycles. The molecule has 7 heteroatoms. The number of benzene rings is 2. The summed E-state index contributed by atoms with van der Waals surface area (Å²) >= 11 is 0. The first kappa shape index (κ1) is 21.1. The van der Waals surface area contributed by atoms with Gasteiger partial charge in [-0.2, -0.15) is 5.10 Å². The van der Waals surface area contributed by atoms with Gasteiger partial charge in [0.25, 0.3) is 0 Å². The van der Waals surface area contributed by atoms with Gasteiger partial charge in [-0.05, 0) is 31.0 Å². The summed E-state index contributed by atoms with van der Waals surface area (Å²) in [4.78, 5) is 23.3. The number of aldehydes is 1. The van der Waals surface area contributed by atoms with Crippen LogP contribution in [0.4, 0.5) is 0 Å². The highest BCUT2D eigenvalue weighted by molar-refractivity contribution is 5.90. The zero-order valence-corrected chi connectivity index (χ0v) is 17.0. The Morgan fingerprint density at radius 1 is 1.23 bits per heavy atom. The number of aryl methyl sites for hydroxylation is 1. The molecule has 0 aliphatic rings. The Balaban J connectivity index is 1.97. The Kier molecular flexibility index (Phi) is 6.85. The SMILES string of the molecule is CCCCc1n[nH]c(-c2ccc(OC)cc2OCc2ccccc2C(=O)O)c1C=O. The monoisotopic (exact) mass is 408 g/mol. The van der Waals surface area contributed by atoms with Crippen molar-refractivity contribution in [2.45, 2.75) is 32.8 Å². The third kappa shape index (κ3) is 4.51. The zero-order valence-electron chi connectivity index (χ0n) is 17.0. The molecule has 0 radical (unpaired) electrons. The maximum absolute atomic E-state index is 11.8. The maximum atomic E-state index is 11.8. The second kappa shape index (κ2) is 9.73. The fourth-order valence-electron chi connectivity index (χ4n) is 3.22. The van der Waals surface area contributed by atoms with Gasteiger partial charge in [-0.1, -0.05) is 31.5 Å². The number of carboxylic acids is 1. The largest absolute Gasteiger partial charge is 0.497 e. The summed E-state index contributed by atoms with van der Waals surface area (Å²) in [6.45, 7) is 2.13. The smallest absolute Gasteiger partial charge is 0.336 e. The molecule has 0 atom stereocenters. The van der Waals surface area contributed by atoms with E-state index >= 15 is 0 Å². The number of ether oxygens (including phenoxy) is 2. The van der Waals surface area contributed by atoms with E-state index in [4.69, 9.17) is 9.47 Å². The molecule has 0 amide bonds. The van der Waals surface area contributed by atoms with Gasteiger partial charge in [0.2, 0.25) is 0 Å². The lowest BCUT2D eigenvalue weighted by atomic mass is 10.0. The molecule has 0 spiro atoms. The molecule has 0 aliphatic heterocycles. The molecule has 0 bridgehead atoms. The number of methoxy groups -OCH3 is 1. The van der Waals surface area contributed by atoms with Crippen molar-refractivity contribution in [3.63, 3.8) is 0 Å². The van der Waals surface area contributed by atoms with Gasteiger partial charge in [0.1, 0.15) is 18.1 Å². The molecule has 2 aromatic carbocycles. The summed E-state index contributed by atoms with van der Waals surface area (Å²) in [5, 5.41) is 16.7. The molecule has 1 aromatic heterocycles. The summed E-state index contributed by atoms with van der Waals surface area (Å²) in [6, 6.07) is 11.9. The van der Waals surface area contributed by atoms with Crippen molar-refractivity contribution in [1.82, 2.24) is 10.2 Å². The number of rotatable bonds is 10. The Morgan fingerprint density at radius 3 is 2.73 bits per heavy atom. The van der Waals surface area contributed by atoms with E-state index in [-0.39, 0.29) is 12.2 Å². The molecular weight excluding hydrogens is 384 g/mol. The van der Waals surface area contributed by atoms with Crippen molar-refractivity contribution in [2.24, 2.45) is 0 Å². The molecule has 1 heterocycles. The lowest BCUT2D eigenvalue weighted by molar-refractivity contribution is 0.0693. The first-order valence-electron chi connectivity index (χ1n) is 9.73. The van der Waals surface area contributed by atoms with E-state index < -0.39 is 5.97 Å². The van der Waals surface area contributed by atoms with Gasteiger partial charge in [0.15, 0.2) is 6.29 Å². The number of H-pyrrole nitrogens is 1. The van der Waals surface area contributed by atoms with Crippen LogP contribution in [0.3, 0.4) is 0 Å². The topological polar surface area (TPSA) is 102 Å². The second-order valence-electron chi connectivity index (χ2n) is 6.79. The number of aromatic nitrogens is 2. The highest BCUT2D eigenvalue weighted by Gasteiger charge is 2.19. The molecule has 0 fully saturated rings. The molecule has 30 heavy (non-hydrogen) atoms. The van der Waals surface area contributed by atoms with Crippen molar-refractivity contribution in [2.75, 3.05) is 7.11 Å². The van der Waals surface area contributed by atoms with Crippen LogP contribution in [0.1, 0.15) is 51.7 Å². The average Bonchev–Trinajstić information content (AvgIpc) is 3.18. The van der Waals surface area contributed by atoms with Crippen LogP contribution < -0.4 is 9.47 Å². The first-order valence-corrected chi connectivity index (χ1v) is 9.73. The molecular formula is C23H24N2O5. The van der Waals surface area contributed by atoms with Crippen molar-refractivity contribution in [1.29, 1.82) is 0 Å². The van der Waals surface area contributed by atoms with Gasteiger partial charge < -0.3 is 14.6 Å². The third-order valence-electron chi connectivity index (χ3n) is 4.86. The molecule has 0 saturated carbocycles. The Labute approximate surface area is 174 Å². The van der Waals surface area contributed by atoms with Crippen LogP contribution in [0.5, 0.6) is 11.5 Å². The Bertz CT molecular complexity index is 1040. The van der Waals surface area contributed by atoms with Gasteiger partial charge in [-0.25, -0.2) is 4.79 Å². The highest BCUT2D eigenvalue weighted by atomic mass is 16.5. The number of hydrogen-bond acceptors (Lipinski definition) is 5. The van der Waals surface area contributed by atoms with E-state index in [1.165, 1.54) is 6.07 Å². The predicted octanol–water partition coefficient (Wildman–Crippen LogP) is 4.52. The van der Waals surface area contributed by atoms with Crippen LogP contribution >= 0.6 is 0 Å². The van der Waals surface area contributed by atoms with Crippen LogP contribution in [0.2, 0.25) is 0 Å². The number of carbonyl (C=O) groups excluding carboxylic acids is 1. The van der Waals surface area contributed by atoms with Crippen LogP contribution in [0, 0.1) is 0 Å². The number of carbonyl (C=O) groups is 2. The van der Waals surface area contributed by atoms with E-state index in [1.807, 2.05) is 0 Å². The molecule has 0 saturated heterocycles. The minimum atomic E-state index is -1.02. The lowest BCUT2D eigenvalue weighted by Crippen LogP contribution is -2.06. The van der Waals surface area contributed by atoms with Crippen LogP contribution in [0.25, 0.3) is 11.3 Å². The number of unbranched alkanes of at least 4 members (excludes halogenated alkanes) is 1. The molecule has 7 nitrogen and oxygen atoms in total. The maximum Gasteiger partial charge on any atom is 0.336 e. The summed E-state index contributed by atoms with van der Waals surface area (Å²) in [5.41, 5.74) is 3.17. The second-order valence-corrected chi connectivity index (χ2v) is 6.79. The lowest BCUT2D eigenvalue weighted by Gasteiger charge is -2.14. The molecule has 3 rings (SSSR count). The number of aromatic carboxylic acids is 1.